The SMILES string of the molecule is C[C-](C)C.[C-]1=CC=CC1.[CH3-].[CH3-].[NH2-].[Ti]. The van der Waals surface area contributed by atoms with E-state index in [2.05, 4.69) is 32.9 Å². The zero-order chi connectivity index (χ0) is 7.11. The first-order valence-electron chi connectivity index (χ1n) is 3.22. The number of rotatable bonds is 0. The average molecular weight is 216 g/mol. The van der Waals surface area contributed by atoms with Crippen molar-refractivity contribution in [2.24, 2.45) is 0 Å². The summed E-state index contributed by atoms with van der Waals surface area (Å²) in [4.78, 5) is 0. The summed E-state index contributed by atoms with van der Waals surface area (Å²) < 4.78 is 0. The first-order valence-corrected chi connectivity index (χ1v) is 3.22. The molecule has 80 valence electrons. The van der Waals surface area contributed by atoms with Crippen LogP contribution in [0, 0.1) is 26.8 Å². The Bertz CT molecular complexity index is 93.9. The third-order valence-corrected chi connectivity index (χ3v) is 0.586. The van der Waals surface area contributed by atoms with E-state index in [-0.39, 0.29) is 42.7 Å². The minimum absolute atomic E-state index is 0. The molecule has 0 amide bonds. The molecule has 0 aromatic rings. The second-order valence-corrected chi connectivity index (χ2v) is 2.50. The van der Waals surface area contributed by atoms with Gasteiger partial charge in [0.15, 0.2) is 0 Å². The number of hydrogen-bond donors (Lipinski definition) is 0. The normalized spacial score (nSPS) is 9.54. The summed E-state index contributed by atoms with van der Waals surface area (Å²) in [6, 6.07) is 0. The predicted octanol–water partition coefficient (Wildman–Crippen LogP) is 4.54. The van der Waals surface area contributed by atoms with Gasteiger partial charge in [0.1, 0.15) is 0 Å². The van der Waals surface area contributed by atoms with Crippen molar-refractivity contribution in [2.45, 2.75) is 27.2 Å². The fraction of sp³-hybridized carbons (Fsp3) is 0.364. The minimum Gasteiger partial charge on any atom is -0.693 e. The molecule has 0 spiro atoms. The van der Waals surface area contributed by atoms with E-state index in [0.717, 1.165) is 6.42 Å². The molecule has 1 aliphatic carbocycles. The zero-order valence-corrected chi connectivity index (χ0v) is 11.1. The van der Waals surface area contributed by atoms with E-state index in [1.807, 2.05) is 12.2 Å². The predicted molar refractivity (Wildman–Crippen MR) is 59.9 cm³/mol. The van der Waals surface area contributed by atoms with Gasteiger partial charge in [-0.1, -0.05) is 0 Å². The second-order valence-electron chi connectivity index (χ2n) is 2.50. The van der Waals surface area contributed by atoms with Crippen LogP contribution in [0.4, 0.5) is 0 Å². The van der Waals surface area contributed by atoms with Crippen molar-refractivity contribution in [3.05, 3.63) is 51.2 Å². The summed E-state index contributed by atoms with van der Waals surface area (Å²) in [6.07, 6.45) is 10.0. The molecule has 1 nitrogen and oxygen atoms in total. The van der Waals surface area contributed by atoms with Crippen molar-refractivity contribution in [3.8, 4) is 0 Å². The van der Waals surface area contributed by atoms with Gasteiger partial charge in [-0.05, 0) is 0 Å². The van der Waals surface area contributed by atoms with Crippen LogP contribution in [0.1, 0.15) is 27.2 Å². The third-order valence-electron chi connectivity index (χ3n) is 0.586. The van der Waals surface area contributed by atoms with Gasteiger partial charge in [0.25, 0.3) is 0 Å². The Hall–Kier alpha value is 0.154. The Kier molecular flexibility index (Phi) is 51.1. The molecule has 0 saturated heterocycles. The molecule has 0 bridgehead atoms. The maximum atomic E-state index is 2.99. The van der Waals surface area contributed by atoms with Gasteiger partial charge in [0.05, 0.1) is 0 Å². The van der Waals surface area contributed by atoms with Crippen LogP contribution in [0.2, 0.25) is 0 Å². The molecule has 1 rings (SSSR count). The summed E-state index contributed by atoms with van der Waals surface area (Å²) in [7, 11) is 0. The van der Waals surface area contributed by atoms with Gasteiger partial charge in [0, 0.05) is 21.7 Å². The van der Waals surface area contributed by atoms with Crippen LogP contribution >= 0.6 is 0 Å². The number of allylic oxidation sites excluding steroid dienone is 4. The number of hydrogen-bond acceptors (Lipinski definition) is 0. The van der Waals surface area contributed by atoms with E-state index in [4.69, 9.17) is 0 Å². The molecule has 0 aromatic carbocycles. The maximum Gasteiger partial charge on any atom is 0 e. The van der Waals surface area contributed by atoms with E-state index in [1.165, 1.54) is 5.92 Å². The third kappa shape index (κ3) is 47.2. The largest absolute Gasteiger partial charge is 0.693 e. The average Bonchev–Trinajstić information content (AvgIpc) is 2.11. The van der Waals surface area contributed by atoms with Gasteiger partial charge in [-0.2, -0.15) is 26.8 Å². The fourth-order valence-corrected chi connectivity index (χ4v) is 0.340. The summed E-state index contributed by atoms with van der Waals surface area (Å²) >= 11 is 0. The second kappa shape index (κ2) is 22.7. The van der Waals surface area contributed by atoms with Crippen LogP contribution in [-0.4, -0.2) is 0 Å². The van der Waals surface area contributed by atoms with Crippen LogP contribution in [0.5, 0.6) is 0 Å². The van der Waals surface area contributed by atoms with Crippen LogP contribution in [0.15, 0.2) is 18.2 Å². The molecule has 1 aliphatic rings. The molecular formula is C11H22NTi-5. The first kappa shape index (κ1) is 29.2. The van der Waals surface area contributed by atoms with Crippen molar-refractivity contribution < 1.29 is 21.7 Å². The van der Waals surface area contributed by atoms with E-state index < -0.39 is 0 Å². The molecule has 0 heterocycles. The van der Waals surface area contributed by atoms with Crippen LogP contribution < -0.4 is 0 Å². The Labute approximate surface area is 100 Å². The minimum atomic E-state index is 0. The van der Waals surface area contributed by atoms with Gasteiger partial charge >= 0.3 is 0 Å². The summed E-state index contributed by atoms with van der Waals surface area (Å²) in [5.74, 6) is 1.42. The topological polar surface area (TPSA) is 33.5 Å². The molecule has 0 aromatic heterocycles. The van der Waals surface area contributed by atoms with Crippen molar-refractivity contribution in [2.75, 3.05) is 0 Å². The standard InChI is InChI=1S/C5H5.C4H9.2CH3.H2N.Ti/c1-2-4-5-3-1;1-4(2)3;;;;/h1-3H,4H2;1-3H3;2*1H3;1H2;/q5*-1;. The van der Waals surface area contributed by atoms with Gasteiger partial charge in [-0.15, -0.1) is 6.42 Å². The summed E-state index contributed by atoms with van der Waals surface area (Å²) in [5, 5.41) is 0. The Morgan fingerprint density at radius 2 is 1.54 bits per heavy atom. The number of nitrogens with two attached hydrogens (primary N) is 1. The van der Waals surface area contributed by atoms with E-state index in [9.17, 15) is 0 Å². The molecule has 0 saturated carbocycles. The molecule has 2 heteroatoms. The fourth-order valence-electron chi connectivity index (χ4n) is 0.340. The molecule has 0 radical (unpaired) electrons. The molecule has 2 N–H and O–H groups in total. The summed E-state index contributed by atoms with van der Waals surface area (Å²) in [5.41, 5.74) is 0. The van der Waals surface area contributed by atoms with Crippen molar-refractivity contribution in [1.29, 1.82) is 0 Å². The first-order chi connectivity index (χ1) is 4.23. The van der Waals surface area contributed by atoms with Gasteiger partial charge in [-0.25, -0.2) is 12.2 Å². The van der Waals surface area contributed by atoms with Crippen LogP contribution in [-0.2, 0) is 21.7 Å². The monoisotopic (exact) mass is 216 g/mol. The van der Waals surface area contributed by atoms with E-state index >= 15 is 0 Å². The van der Waals surface area contributed by atoms with Gasteiger partial charge in [0.2, 0.25) is 0 Å². The summed E-state index contributed by atoms with van der Waals surface area (Å²) in [6.45, 7) is 6.25. The smallest absolute Gasteiger partial charge is 0 e. The van der Waals surface area contributed by atoms with Gasteiger partial charge < -0.3 is 26.9 Å². The maximum absolute atomic E-state index is 2.99. The van der Waals surface area contributed by atoms with E-state index in [1.54, 1.807) is 0 Å². The Balaban J connectivity index is -0.0000000256. The Morgan fingerprint density at radius 1 is 1.15 bits per heavy atom. The Morgan fingerprint density at radius 3 is 1.62 bits per heavy atom. The molecule has 0 unspecified atom stereocenters. The van der Waals surface area contributed by atoms with Crippen molar-refractivity contribution >= 4 is 0 Å². The molecule has 0 atom stereocenters. The van der Waals surface area contributed by atoms with Crippen molar-refractivity contribution in [1.82, 2.24) is 0 Å². The van der Waals surface area contributed by atoms with Crippen LogP contribution in [0.25, 0.3) is 6.15 Å². The molecule has 0 fully saturated rings. The van der Waals surface area contributed by atoms with Gasteiger partial charge in [-0.3, -0.25) is 6.08 Å². The van der Waals surface area contributed by atoms with E-state index in [0.29, 0.717) is 0 Å². The quantitative estimate of drug-likeness (QED) is 0.420. The molecular weight excluding hydrogens is 194 g/mol. The van der Waals surface area contributed by atoms with Crippen LogP contribution in [0.3, 0.4) is 0 Å². The molecule has 0 aliphatic heterocycles. The zero-order valence-electron chi connectivity index (χ0n) is 9.52. The van der Waals surface area contributed by atoms with Crippen molar-refractivity contribution in [3.63, 3.8) is 0 Å². The molecule has 13 heavy (non-hydrogen) atoms.